The van der Waals surface area contributed by atoms with Gasteiger partial charge in [-0.25, -0.2) is 0 Å². The van der Waals surface area contributed by atoms with Crippen molar-refractivity contribution in [2.75, 3.05) is 38.2 Å². The summed E-state index contributed by atoms with van der Waals surface area (Å²) in [5.41, 5.74) is 3.32. The number of hydrogen-bond acceptors (Lipinski definition) is 7. The Morgan fingerprint density at radius 3 is 2.37 bits per heavy atom. The fourth-order valence-electron chi connectivity index (χ4n) is 5.38. The molecule has 2 aliphatic rings. The Morgan fingerprint density at radius 1 is 1.03 bits per heavy atom. The second-order valence-corrected chi connectivity index (χ2v) is 10.8. The first-order valence-electron chi connectivity index (χ1n) is 13.8. The van der Waals surface area contributed by atoms with Gasteiger partial charge in [0.1, 0.15) is 5.75 Å². The molecule has 0 saturated carbocycles. The Balaban J connectivity index is 1.07. The van der Waals surface area contributed by atoms with Crippen LogP contribution in [0.2, 0.25) is 0 Å². The lowest BCUT2D eigenvalue weighted by atomic mass is 9.95. The average molecular weight is 518 g/mol. The van der Waals surface area contributed by atoms with Crippen LogP contribution < -0.4 is 15.0 Å². The molecule has 1 atom stereocenters. The van der Waals surface area contributed by atoms with Crippen LogP contribution in [0.4, 0.5) is 5.69 Å². The minimum atomic E-state index is -0.00859. The number of carbonyl (C=O) groups is 1. The van der Waals surface area contributed by atoms with Gasteiger partial charge in [0.05, 0.1) is 19.7 Å². The van der Waals surface area contributed by atoms with Crippen molar-refractivity contribution in [2.24, 2.45) is 11.8 Å². The normalized spacial score (nSPS) is 18.3. The van der Waals surface area contributed by atoms with E-state index in [4.69, 9.17) is 9.26 Å². The first-order valence-corrected chi connectivity index (χ1v) is 13.8. The molecule has 1 amide bonds. The third-order valence-electron chi connectivity index (χ3n) is 8.03. The molecule has 2 aromatic carbocycles. The number of rotatable bonds is 8. The third kappa shape index (κ3) is 6.35. The number of methoxy groups -OCH3 is 1. The average Bonchev–Trinajstić information content (AvgIpc) is 3.42. The highest BCUT2D eigenvalue weighted by molar-refractivity contribution is 5.79. The molecule has 1 N–H and O–H groups in total. The zero-order valence-electron chi connectivity index (χ0n) is 22.7. The number of amides is 1. The van der Waals surface area contributed by atoms with Gasteiger partial charge in [-0.15, -0.1) is 0 Å². The van der Waals surface area contributed by atoms with E-state index in [1.54, 1.807) is 7.11 Å². The molecule has 2 fully saturated rings. The van der Waals surface area contributed by atoms with E-state index in [9.17, 15) is 4.79 Å². The number of piperidine rings is 2. The van der Waals surface area contributed by atoms with Crippen LogP contribution in [0.5, 0.6) is 5.75 Å². The van der Waals surface area contributed by atoms with Crippen molar-refractivity contribution in [3.05, 3.63) is 60.0 Å². The maximum absolute atomic E-state index is 13.0. The Labute approximate surface area is 225 Å². The first-order chi connectivity index (χ1) is 18.5. The lowest BCUT2D eigenvalue weighted by molar-refractivity contribution is -0.127. The van der Waals surface area contributed by atoms with Crippen molar-refractivity contribution >= 4 is 11.6 Å². The second-order valence-electron chi connectivity index (χ2n) is 10.8. The molecule has 1 aromatic heterocycles. The molecule has 1 unspecified atom stereocenters. The molecular formula is C30H39N5O3. The van der Waals surface area contributed by atoms with Crippen LogP contribution in [0, 0.1) is 11.8 Å². The van der Waals surface area contributed by atoms with Crippen molar-refractivity contribution in [2.45, 2.75) is 52.1 Å². The summed E-state index contributed by atoms with van der Waals surface area (Å²) >= 11 is 0. The number of aromatic nitrogens is 2. The second kappa shape index (κ2) is 12.0. The largest absolute Gasteiger partial charge is 0.497 e. The molecule has 0 spiro atoms. The van der Waals surface area contributed by atoms with Crippen LogP contribution >= 0.6 is 0 Å². The van der Waals surface area contributed by atoms with Gasteiger partial charge in [-0.05, 0) is 93.6 Å². The SMILES string of the molecule is COc1ccc(-c2noc(CN3CCC(C(=O)NC(C)c4ccc(N5CCC(C)CC5)cc4)CC3)n2)cc1. The number of hydrogen-bond donors (Lipinski definition) is 1. The van der Waals surface area contributed by atoms with E-state index >= 15 is 0 Å². The fourth-order valence-corrected chi connectivity index (χ4v) is 5.38. The molecule has 5 rings (SSSR count). The smallest absolute Gasteiger partial charge is 0.241 e. The molecule has 8 heteroatoms. The molecule has 3 aromatic rings. The molecule has 0 radical (unpaired) electrons. The summed E-state index contributed by atoms with van der Waals surface area (Å²) in [5.74, 6) is 2.95. The van der Waals surface area contributed by atoms with Crippen LogP contribution in [0.25, 0.3) is 11.4 Å². The van der Waals surface area contributed by atoms with Crippen LogP contribution in [0.1, 0.15) is 57.0 Å². The van der Waals surface area contributed by atoms with Crippen LogP contribution in [-0.4, -0.2) is 54.2 Å². The van der Waals surface area contributed by atoms with Gasteiger partial charge in [-0.3, -0.25) is 9.69 Å². The Bertz CT molecular complexity index is 1180. The predicted molar refractivity (Wildman–Crippen MR) is 148 cm³/mol. The van der Waals surface area contributed by atoms with Crippen molar-refractivity contribution < 1.29 is 14.1 Å². The summed E-state index contributed by atoms with van der Waals surface area (Å²) in [5, 5.41) is 7.37. The Morgan fingerprint density at radius 2 is 1.71 bits per heavy atom. The van der Waals surface area contributed by atoms with Gasteiger partial charge in [-0.2, -0.15) is 4.98 Å². The van der Waals surface area contributed by atoms with Crippen LogP contribution in [0.3, 0.4) is 0 Å². The highest BCUT2D eigenvalue weighted by Gasteiger charge is 2.27. The molecule has 38 heavy (non-hydrogen) atoms. The summed E-state index contributed by atoms with van der Waals surface area (Å²) in [6, 6.07) is 16.3. The topological polar surface area (TPSA) is 83.7 Å². The summed E-state index contributed by atoms with van der Waals surface area (Å²) in [7, 11) is 1.64. The van der Waals surface area contributed by atoms with Crippen molar-refractivity contribution in [1.29, 1.82) is 0 Å². The summed E-state index contributed by atoms with van der Waals surface area (Å²) in [4.78, 5) is 22.3. The summed E-state index contributed by atoms with van der Waals surface area (Å²) in [6.45, 7) is 8.91. The molecule has 0 bridgehead atoms. The van der Waals surface area contributed by atoms with E-state index in [0.717, 1.165) is 61.8 Å². The van der Waals surface area contributed by atoms with E-state index in [-0.39, 0.29) is 17.9 Å². The van der Waals surface area contributed by atoms with Crippen LogP contribution in [0.15, 0.2) is 53.1 Å². The Hall–Kier alpha value is -3.39. The van der Waals surface area contributed by atoms with Gasteiger partial charge in [0, 0.05) is 30.3 Å². The van der Waals surface area contributed by atoms with Gasteiger partial charge >= 0.3 is 0 Å². The van der Waals surface area contributed by atoms with Crippen LogP contribution in [-0.2, 0) is 11.3 Å². The molecule has 0 aliphatic carbocycles. The number of likely N-dealkylation sites (tertiary alicyclic amines) is 1. The highest BCUT2D eigenvalue weighted by atomic mass is 16.5. The molecule has 2 aliphatic heterocycles. The Kier molecular flexibility index (Phi) is 8.27. The van der Waals surface area contributed by atoms with E-state index in [0.29, 0.717) is 18.3 Å². The fraction of sp³-hybridized carbons (Fsp3) is 0.500. The van der Waals surface area contributed by atoms with Gasteiger partial charge in [0.15, 0.2) is 0 Å². The van der Waals surface area contributed by atoms with E-state index in [1.165, 1.54) is 18.5 Å². The quantitative estimate of drug-likeness (QED) is 0.447. The third-order valence-corrected chi connectivity index (χ3v) is 8.03. The monoisotopic (exact) mass is 517 g/mol. The van der Waals surface area contributed by atoms with Gasteiger partial charge in [0.2, 0.25) is 17.6 Å². The maximum atomic E-state index is 13.0. The van der Waals surface area contributed by atoms with E-state index in [2.05, 4.69) is 63.4 Å². The zero-order chi connectivity index (χ0) is 26.5. The summed E-state index contributed by atoms with van der Waals surface area (Å²) < 4.78 is 10.7. The number of ether oxygens (including phenoxy) is 1. The minimum absolute atomic E-state index is 0.00859. The van der Waals surface area contributed by atoms with E-state index in [1.807, 2.05) is 24.3 Å². The zero-order valence-corrected chi connectivity index (χ0v) is 22.7. The number of nitrogens with one attached hydrogen (secondary N) is 1. The molecule has 3 heterocycles. The number of anilines is 1. The van der Waals surface area contributed by atoms with Gasteiger partial charge in [0.25, 0.3) is 0 Å². The number of carbonyl (C=O) groups excluding carboxylic acids is 1. The van der Waals surface area contributed by atoms with Gasteiger partial charge in [-0.1, -0.05) is 24.2 Å². The van der Waals surface area contributed by atoms with Crippen molar-refractivity contribution in [3.63, 3.8) is 0 Å². The minimum Gasteiger partial charge on any atom is -0.497 e. The number of nitrogens with zero attached hydrogens (tertiary/aromatic N) is 4. The maximum Gasteiger partial charge on any atom is 0.241 e. The highest BCUT2D eigenvalue weighted by Crippen LogP contribution is 2.26. The molecular weight excluding hydrogens is 478 g/mol. The lowest BCUT2D eigenvalue weighted by Gasteiger charge is -2.32. The first kappa shape index (κ1) is 26.2. The van der Waals surface area contributed by atoms with Gasteiger partial charge < -0.3 is 19.5 Å². The molecule has 8 nitrogen and oxygen atoms in total. The summed E-state index contributed by atoms with van der Waals surface area (Å²) in [6.07, 6.45) is 4.16. The predicted octanol–water partition coefficient (Wildman–Crippen LogP) is 5.07. The number of benzene rings is 2. The lowest BCUT2D eigenvalue weighted by Crippen LogP contribution is -2.41. The molecule has 202 valence electrons. The molecule has 2 saturated heterocycles. The van der Waals surface area contributed by atoms with Crippen molar-refractivity contribution in [1.82, 2.24) is 20.4 Å². The standard InChI is InChI=1S/C30H39N5O3/c1-21-12-18-35(19-13-21)26-8-4-23(5-9-26)22(2)31-30(36)25-14-16-34(17-15-25)20-28-32-29(33-38-28)24-6-10-27(37-3)11-7-24/h4-11,21-22,25H,12-20H2,1-3H3,(H,31,36). The van der Waals surface area contributed by atoms with E-state index < -0.39 is 0 Å². The van der Waals surface area contributed by atoms with Crippen molar-refractivity contribution in [3.8, 4) is 17.1 Å².